The van der Waals surface area contributed by atoms with E-state index in [1.54, 1.807) is 0 Å². The van der Waals surface area contributed by atoms with Crippen LogP contribution >= 0.6 is 15.6 Å². The molecule has 16 nitrogen and oxygen atoms in total. The summed E-state index contributed by atoms with van der Waals surface area (Å²) in [5.74, 6) is -1.66. The third-order valence-corrected chi connectivity index (χ3v) is 17.3. The van der Waals surface area contributed by atoms with Crippen LogP contribution in [0.3, 0.4) is 0 Å². The van der Waals surface area contributed by atoms with Gasteiger partial charge in [-0.25, -0.2) is 9.13 Å². The van der Waals surface area contributed by atoms with Crippen molar-refractivity contribution in [3.63, 3.8) is 0 Å². The number of aliphatic hydroxyl groups excluding tert-OH is 2. The number of hydrogen-bond acceptors (Lipinski definition) is 14. The summed E-state index contributed by atoms with van der Waals surface area (Å²) in [6.07, 6.45) is 93.9. The van der Waals surface area contributed by atoms with Crippen molar-refractivity contribution in [2.45, 2.75) is 296 Å². The lowest BCUT2D eigenvalue weighted by atomic mass is 10.1. The largest absolute Gasteiger partial charge is 0.472 e. The van der Waals surface area contributed by atoms with Gasteiger partial charge in [-0.1, -0.05) is 274 Å². The Morgan fingerprint density at radius 3 is 0.851 bits per heavy atom. The van der Waals surface area contributed by atoms with Crippen molar-refractivity contribution >= 4 is 33.6 Å². The van der Waals surface area contributed by atoms with Crippen molar-refractivity contribution in [2.75, 3.05) is 39.6 Å². The average Bonchev–Trinajstić information content (AvgIpc) is 0.970. The number of unbranched alkanes of at least 4 members (excludes halogenated alkanes) is 20. The number of phosphoric ester groups is 2. The predicted molar refractivity (Wildman–Crippen MR) is 417 cm³/mol. The summed E-state index contributed by atoms with van der Waals surface area (Å²) in [5.41, 5.74) is 0. The fourth-order valence-electron chi connectivity index (χ4n) is 9.61. The van der Waals surface area contributed by atoms with Crippen molar-refractivity contribution in [3.05, 3.63) is 170 Å². The first-order valence-electron chi connectivity index (χ1n) is 38.4. The number of phosphoric acid groups is 2. The molecule has 0 bridgehead atoms. The van der Waals surface area contributed by atoms with E-state index in [2.05, 4.69) is 191 Å². The van der Waals surface area contributed by atoms with Gasteiger partial charge in [-0.05, 0) is 154 Å². The average molecular weight is 1450 g/mol. The van der Waals surface area contributed by atoms with Gasteiger partial charge >= 0.3 is 33.6 Å². The minimum absolute atomic E-state index is 0.0713. The summed E-state index contributed by atoms with van der Waals surface area (Å²) in [6.45, 7) is 2.33. The van der Waals surface area contributed by atoms with E-state index in [0.717, 1.165) is 167 Å². The van der Waals surface area contributed by atoms with Crippen LogP contribution < -0.4 is 0 Å². The number of rotatable bonds is 71. The third-order valence-electron chi connectivity index (χ3n) is 15.4. The van der Waals surface area contributed by atoms with E-state index < -0.39 is 91.5 Å². The highest BCUT2D eigenvalue weighted by Crippen LogP contribution is 2.45. The first-order chi connectivity index (χ1) is 49.2. The second-order valence-corrected chi connectivity index (χ2v) is 27.9. The zero-order valence-electron chi connectivity index (χ0n) is 62.5. The van der Waals surface area contributed by atoms with Crippen LogP contribution in [-0.2, 0) is 55.8 Å². The van der Waals surface area contributed by atoms with Crippen LogP contribution in [-0.4, -0.2) is 95.9 Å². The van der Waals surface area contributed by atoms with Gasteiger partial charge < -0.3 is 34.2 Å². The van der Waals surface area contributed by atoms with E-state index in [0.29, 0.717) is 19.3 Å². The van der Waals surface area contributed by atoms with E-state index in [1.807, 2.05) is 0 Å². The molecular formula is C83H136O16P2. The molecule has 4 N–H and O–H groups in total. The minimum Gasteiger partial charge on any atom is -0.463 e. The molecule has 0 radical (unpaired) electrons. The first-order valence-corrected chi connectivity index (χ1v) is 41.4. The van der Waals surface area contributed by atoms with E-state index >= 15 is 0 Å². The smallest absolute Gasteiger partial charge is 0.463 e. The van der Waals surface area contributed by atoms with Gasteiger partial charge in [0.15, 0.2) is 6.10 Å². The molecule has 0 fully saturated rings. The van der Waals surface area contributed by atoms with Crippen molar-refractivity contribution in [1.29, 1.82) is 0 Å². The molecular weight excluding hydrogens is 1310 g/mol. The molecule has 0 amide bonds. The Hall–Kier alpha value is -5.09. The molecule has 0 heterocycles. The van der Waals surface area contributed by atoms with Crippen molar-refractivity contribution in [3.8, 4) is 0 Å². The number of carbonyl (C=O) groups is 3. The van der Waals surface area contributed by atoms with Crippen molar-refractivity contribution in [1.82, 2.24) is 0 Å². The van der Waals surface area contributed by atoms with Gasteiger partial charge in [0.2, 0.25) is 0 Å². The highest BCUT2D eigenvalue weighted by atomic mass is 31.2. The van der Waals surface area contributed by atoms with E-state index in [4.69, 9.17) is 32.3 Å². The number of allylic oxidation sites excluding steroid dienone is 28. The zero-order chi connectivity index (χ0) is 73.7. The summed E-state index contributed by atoms with van der Waals surface area (Å²) in [4.78, 5) is 58.6. The standard InChI is InChI=1S/C83H136O16P2/c1-4-7-10-13-16-19-22-25-28-31-34-36-37-38-39-41-44-45-48-51-54-57-60-63-66-69-81(86)93-72-78(84)73-95-100(89,90)96-74-79(85)75-97-101(91,92)98-77-80(99-83(88)71-68-65-62-59-56-53-50-47-42-33-30-27-24-21-18-15-12-9-6-3)76-94-82(87)70-67-64-61-58-55-52-49-46-43-40-35-32-29-26-23-20-17-14-11-8-5-2/h8-9,11-12,16-21,25-30,34-36,38-40,42,46-47,49,55,58,78-80,84-85H,4-7,10,13-15,22-24,31-33,37,41,43-45,48,50-54,56-57,59-77H2,1-3H3,(H,89,90)(H,91,92)/b11-8-,12-9-,19-16-,20-17-,21-18-,28-25-,29-26-,30-27-,36-34-,39-38-,40-35-,47-42-,49-46-,58-55-. The summed E-state index contributed by atoms with van der Waals surface area (Å²) in [5, 5.41) is 20.6. The number of esters is 3. The number of hydrogen-bond donors (Lipinski definition) is 4. The lowest BCUT2D eigenvalue weighted by Gasteiger charge is -2.21. The summed E-state index contributed by atoms with van der Waals surface area (Å²) in [7, 11) is -9.82. The molecule has 0 aromatic heterocycles. The maximum Gasteiger partial charge on any atom is 0.472 e. The summed E-state index contributed by atoms with van der Waals surface area (Å²) < 4.78 is 61.1. The lowest BCUT2D eigenvalue weighted by molar-refractivity contribution is -0.161. The molecule has 0 aliphatic carbocycles. The third kappa shape index (κ3) is 75.9. The fraction of sp³-hybridized carbons (Fsp3) is 0.627. The van der Waals surface area contributed by atoms with Crippen LogP contribution in [0.4, 0.5) is 0 Å². The van der Waals surface area contributed by atoms with E-state index in [9.17, 15) is 43.5 Å². The monoisotopic (exact) mass is 1450 g/mol. The molecule has 0 saturated carbocycles. The normalized spacial score (nSPS) is 15.0. The van der Waals surface area contributed by atoms with Crippen molar-refractivity contribution < 1.29 is 75.8 Å². The molecule has 0 rings (SSSR count). The predicted octanol–water partition coefficient (Wildman–Crippen LogP) is 22.4. The molecule has 0 aliphatic rings. The zero-order valence-corrected chi connectivity index (χ0v) is 64.3. The molecule has 0 spiro atoms. The number of aliphatic hydroxyl groups is 2. The molecule has 5 unspecified atom stereocenters. The van der Waals surface area contributed by atoms with Crippen LogP contribution in [0.15, 0.2) is 170 Å². The highest BCUT2D eigenvalue weighted by molar-refractivity contribution is 7.47. The van der Waals surface area contributed by atoms with Crippen LogP contribution in [0, 0.1) is 0 Å². The molecule has 0 aliphatic heterocycles. The van der Waals surface area contributed by atoms with Gasteiger partial charge in [0.25, 0.3) is 0 Å². The Bertz CT molecular complexity index is 2520. The van der Waals surface area contributed by atoms with Gasteiger partial charge in [-0.3, -0.25) is 32.5 Å². The van der Waals surface area contributed by atoms with Gasteiger partial charge in [0, 0.05) is 19.3 Å². The first kappa shape index (κ1) is 95.9. The van der Waals surface area contributed by atoms with Gasteiger partial charge in [0.05, 0.1) is 26.4 Å². The summed E-state index contributed by atoms with van der Waals surface area (Å²) in [6, 6.07) is 0. The lowest BCUT2D eigenvalue weighted by Crippen LogP contribution is -2.30. The van der Waals surface area contributed by atoms with Crippen molar-refractivity contribution in [2.24, 2.45) is 0 Å². The Balaban J connectivity index is 4.73. The van der Waals surface area contributed by atoms with Crippen LogP contribution in [0.25, 0.3) is 0 Å². The van der Waals surface area contributed by atoms with E-state index in [-0.39, 0.29) is 19.3 Å². The summed E-state index contributed by atoms with van der Waals surface area (Å²) >= 11 is 0. The Morgan fingerprint density at radius 1 is 0.287 bits per heavy atom. The van der Waals surface area contributed by atoms with Gasteiger partial charge in [0.1, 0.15) is 25.4 Å². The molecule has 0 saturated heterocycles. The number of ether oxygens (including phenoxy) is 3. The molecule has 18 heteroatoms. The van der Waals surface area contributed by atoms with Crippen LogP contribution in [0.5, 0.6) is 0 Å². The molecule has 574 valence electrons. The Labute approximate surface area is 612 Å². The van der Waals surface area contributed by atoms with Crippen LogP contribution in [0.1, 0.15) is 278 Å². The Kier molecular flexibility index (Phi) is 70.9. The van der Waals surface area contributed by atoms with Gasteiger partial charge in [-0.15, -0.1) is 0 Å². The second kappa shape index (κ2) is 74.6. The van der Waals surface area contributed by atoms with Crippen LogP contribution in [0.2, 0.25) is 0 Å². The maximum absolute atomic E-state index is 13.0. The molecule has 101 heavy (non-hydrogen) atoms. The highest BCUT2D eigenvalue weighted by Gasteiger charge is 2.29. The molecule has 0 aromatic carbocycles. The minimum atomic E-state index is -4.95. The quantitative estimate of drug-likeness (QED) is 0.0146. The SMILES string of the molecule is CC/C=C\C/C=C\C/C=C\C/C=C\C/C=C\C/C=C\CCCCC(=O)OCC(COP(=O)(O)OCC(O)COP(=O)(O)OCC(O)COC(=O)CCCCCCCCCCC/C=C\C/C=C\C/C=C\C/C=C\CCCCC)OC(=O)CCCCCCCC/C=C\C/C=C\C/C=C\C/C=C\CC. The fourth-order valence-corrected chi connectivity index (χ4v) is 11.2. The van der Waals surface area contributed by atoms with E-state index in [1.165, 1.54) is 51.4 Å². The molecule has 0 aromatic rings. The van der Waals surface area contributed by atoms with Gasteiger partial charge in [-0.2, -0.15) is 0 Å². The topological polar surface area (TPSA) is 231 Å². The molecule has 5 atom stereocenters. The number of carbonyl (C=O) groups excluding carboxylic acids is 3. The Morgan fingerprint density at radius 2 is 0.525 bits per heavy atom. The maximum atomic E-state index is 13.0. The second-order valence-electron chi connectivity index (χ2n) is 25.0.